The standard InChI is InChI=1S/C16H20N2S/c1-12(2)13-6-8-15(9-7-13)19-11-14-5-4-10-18-16(14)17-3/h4-10,12H,11H2,1-3H3,(H,17,18). The number of rotatable bonds is 5. The van der Waals surface area contributed by atoms with Crippen LogP contribution in [0.5, 0.6) is 0 Å². The van der Waals surface area contributed by atoms with Crippen molar-refractivity contribution in [3.8, 4) is 0 Å². The Bertz CT molecular complexity index is 521. The summed E-state index contributed by atoms with van der Waals surface area (Å²) in [6.07, 6.45) is 1.82. The van der Waals surface area contributed by atoms with E-state index in [-0.39, 0.29) is 0 Å². The second-order valence-electron chi connectivity index (χ2n) is 4.77. The van der Waals surface area contributed by atoms with Gasteiger partial charge in [0.25, 0.3) is 0 Å². The van der Waals surface area contributed by atoms with Crippen LogP contribution in [-0.2, 0) is 5.75 Å². The Hall–Kier alpha value is -1.48. The summed E-state index contributed by atoms with van der Waals surface area (Å²) in [5.41, 5.74) is 2.63. The molecule has 0 aliphatic carbocycles. The first kappa shape index (κ1) is 13.9. The van der Waals surface area contributed by atoms with Gasteiger partial charge in [-0.3, -0.25) is 0 Å². The number of aromatic nitrogens is 1. The van der Waals surface area contributed by atoms with Crippen LogP contribution in [0.4, 0.5) is 5.82 Å². The van der Waals surface area contributed by atoms with E-state index in [0.717, 1.165) is 11.6 Å². The lowest BCUT2D eigenvalue weighted by molar-refractivity contribution is 0.865. The molecule has 0 aliphatic rings. The van der Waals surface area contributed by atoms with Gasteiger partial charge in [0.15, 0.2) is 0 Å². The van der Waals surface area contributed by atoms with Crippen LogP contribution in [0.1, 0.15) is 30.9 Å². The molecule has 1 aromatic heterocycles. The monoisotopic (exact) mass is 272 g/mol. The van der Waals surface area contributed by atoms with E-state index in [1.807, 2.05) is 31.1 Å². The van der Waals surface area contributed by atoms with Gasteiger partial charge in [-0.05, 0) is 29.7 Å². The minimum atomic E-state index is 0.591. The zero-order valence-corrected chi connectivity index (χ0v) is 12.5. The zero-order chi connectivity index (χ0) is 13.7. The third kappa shape index (κ3) is 3.74. The number of nitrogens with one attached hydrogen (secondary N) is 1. The highest BCUT2D eigenvalue weighted by atomic mass is 32.2. The van der Waals surface area contributed by atoms with Crippen molar-refractivity contribution in [2.45, 2.75) is 30.4 Å². The van der Waals surface area contributed by atoms with Gasteiger partial charge in [-0.2, -0.15) is 0 Å². The molecule has 0 saturated carbocycles. The summed E-state index contributed by atoms with van der Waals surface area (Å²) >= 11 is 1.84. The highest BCUT2D eigenvalue weighted by molar-refractivity contribution is 7.98. The molecule has 2 nitrogen and oxygen atoms in total. The second kappa shape index (κ2) is 6.62. The number of anilines is 1. The molecule has 2 rings (SSSR count). The summed E-state index contributed by atoms with van der Waals surface area (Å²) in [6.45, 7) is 4.44. The smallest absolute Gasteiger partial charge is 0.129 e. The Labute approximate surface area is 119 Å². The van der Waals surface area contributed by atoms with E-state index in [0.29, 0.717) is 5.92 Å². The maximum Gasteiger partial charge on any atom is 0.129 e. The van der Waals surface area contributed by atoms with Crippen LogP contribution in [0, 0.1) is 0 Å². The van der Waals surface area contributed by atoms with Crippen LogP contribution in [-0.4, -0.2) is 12.0 Å². The first-order valence-corrected chi connectivity index (χ1v) is 7.53. The minimum absolute atomic E-state index is 0.591. The maximum atomic E-state index is 4.32. The van der Waals surface area contributed by atoms with Crippen molar-refractivity contribution in [2.24, 2.45) is 0 Å². The van der Waals surface area contributed by atoms with Gasteiger partial charge in [-0.15, -0.1) is 11.8 Å². The lowest BCUT2D eigenvalue weighted by atomic mass is 10.0. The molecule has 0 radical (unpaired) electrons. The van der Waals surface area contributed by atoms with Gasteiger partial charge in [0.2, 0.25) is 0 Å². The lowest BCUT2D eigenvalue weighted by Crippen LogP contribution is -1.96. The maximum absolute atomic E-state index is 4.32. The quantitative estimate of drug-likeness (QED) is 0.809. The van der Waals surface area contributed by atoms with Crippen LogP contribution in [0.15, 0.2) is 47.5 Å². The Morgan fingerprint density at radius 2 is 1.89 bits per heavy atom. The van der Waals surface area contributed by atoms with E-state index in [9.17, 15) is 0 Å². The Morgan fingerprint density at radius 3 is 2.53 bits per heavy atom. The molecule has 1 aromatic carbocycles. The number of hydrogen-bond acceptors (Lipinski definition) is 3. The molecule has 0 amide bonds. The van der Waals surface area contributed by atoms with Crippen LogP contribution in [0.2, 0.25) is 0 Å². The Balaban J connectivity index is 2.02. The van der Waals surface area contributed by atoms with E-state index >= 15 is 0 Å². The van der Waals surface area contributed by atoms with Crippen molar-refractivity contribution in [1.29, 1.82) is 0 Å². The molecule has 1 N–H and O–H groups in total. The molecule has 0 bridgehead atoms. The van der Waals surface area contributed by atoms with Gasteiger partial charge in [0, 0.05) is 29.5 Å². The van der Waals surface area contributed by atoms with Crippen LogP contribution >= 0.6 is 11.8 Å². The molecular formula is C16H20N2S. The van der Waals surface area contributed by atoms with Gasteiger partial charge in [0.05, 0.1) is 0 Å². The van der Waals surface area contributed by atoms with E-state index in [1.54, 1.807) is 0 Å². The van der Waals surface area contributed by atoms with Crippen molar-refractivity contribution in [2.75, 3.05) is 12.4 Å². The molecule has 0 unspecified atom stereocenters. The second-order valence-corrected chi connectivity index (χ2v) is 5.82. The van der Waals surface area contributed by atoms with Crippen molar-refractivity contribution in [1.82, 2.24) is 4.98 Å². The third-order valence-corrected chi connectivity index (χ3v) is 4.13. The fraction of sp³-hybridized carbons (Fsp3) is 0.312. The Morgan fingerprint density at radius 1 is 1.16 bits per heavy atom. The number of hydrogen-bond donors (Lipinski definition) is 1. The summed E-state index contributed by atoms with van der Waals surface area (Å²) < 4.78 is 0. The summed E-state index contributed by atoms with van der Waals surface area (Å²) in [5, 5.41) is 3.13. The molecular weight excluding hydrogens is 252 g/mol. The number of thioether (sulfide) groups is 1. The summed E-state index contributed by atoms with van der Waals surface area (Å²) in [4.78, 5) is 5.62. The molecule has 0 atom stereocenters. The fourth-order valence-electron chi connectivity index (χ4n) is 1.89. The number of nitrogens with zero attached hydrogens (tertiary/aromatic N) is 1. The fourth-order valence-corrected chi connectivity index (χ4v) is 2.77. The minimum Gasteiger partial charge on any atom is -0.373 e. The van der Waals surface area contributed by atoms with Gasteiger partial charge >= 0.3 is 0 Å². The number of pyridine rings is 1. The molecule has 2 aromatic rings. The molecule has 1 heterocycles. The summed E-state index contributed by atoms with van der Waals surface area (Å²) in [6, 6.07) is 12.9. The molecule has 0 saturated heterocycles. The lowest BCUT2D eigenvalue weighted by Gasteiger charge is -2.09. The summed E-state index contributed by atoms with van der Waals surface area (Å²) in [7, 11) is 1.91. The van der Waals surface area contributed by atoms with Crippen molar-refractivity contribution in [3.05, 3.63) is 53.7 Å². The molecule has 3 heteroatoms. The van der Waals surface area contributed by atoms with Gasteiger partial charge in [-0.1, -0.05) is 32.0 Å². The molecule has 19 heavy (non-hydrogen) atoms. The predicted octanol–water partition coefficient (Wildman–Crippen LogP) is 4.54. The highest BCUT2D eigenvalue weighted by Crippen LogP contribution is 2.26. The van der Waals surface area contributed by atoms with Crippen molar-refractivity contribution >= 4 is 17.6 Å². The average molecular weight is 272 g/mol. The highest BCUT2D eigenvalue weighted by Gasteiger charge is 2.03. The van der Waals surface area contributed by atoms with Crippen LogP contribution in [0.25, 0.3) is 0 Å². The van der Waals surface area contributed by atoms with E-state index in [1.165, 1.54) is 16.0 Å². The average Bonchev–Trinajstić information content (AvgIpc) is 2.45. The Kier molecular flexibility index (Phi) is 4.86. The van der Waals surface area contributed by atoms with Crippen LogP contribution in [0.3, 0.4) is 0 Å². The first-order valence-electron chi connectivity index (χ1n) is 6.55. The largest absolute Gasteiger partial charge is 0.373 e. The molecule has 0 fully saturated rings. The van der Waals surface area contributed by atoms with Crippen molar-refractivity contribution < 1.29 is 0 Å². The van der Waals surface area contributed by atoms with Crippen LogP contribution < -0.4 is 5.32 Å². The normalized spacial score (nSPS) is 10.7. The van der Waals surface area contributed by atoms with E-state index in [4.69, 9.17) is 0 Å². The van der Waals surface area contributed by atoms with Gasteiger partial charge in [-0.25, -0.2) is 4.98 Å². The number of benzene rings is 1. The SMILES string of the molecule is CNc1ncccc1CSc1ccc(C(C)C)cc1. The molecule has 0 spiro atoms. The van der Waals surface area contributed by atoms with E-state index in [2.05, 4.69) is 54.5 Å². The van der Waals surface area contributed by atoms with E-state index < -0.39 is 0 Å². The molecule has 0 aliphatic heterocycles. The zero-order valence-electron chi connectivity index (χ0n) is 11.7. The predicted molar refractivity (Wildman–Crippen MR) is 83.9 cm³/mol. The molecule has 100 valence electrons. The van der Waals surface area contributed by atoms with Crippen molar-refractivity contribution in [3.63, 3.8) is 0 Å². The topological polar surface area (TPSA) is 24.9 Å². The van der Waals surface area contributed by atoms with Gasteiger partial charge in [0.1, 0.15) is 5.82 Å². The summed E-state index contributed by atoms with van der Waals surface area (Å²) in [5.74, 6) is 2.49. The first-order chi connectivity index (χ1) is 9.20. The van der Waals surface area contributed by atoms with Gasteiger partial charge < -0.3 is 5.32 Å². The third-order valence-electron chi connectivity index (χ3n) is 3.07.